The van der Waals surface area contributed by atoms with Gasteiger partial charge in [-0.05, 0) is 19.8 Å². The molecule has 0 saturated carbocycles. The van der Waals surface area contributed by atoms with E-state index in [9.17, 15) is 4.79 Å². The molecule has 0 atom stereocenters. The van der Waals surface area contributed by atoms with E-state index in [1.807, 2.05) is 0 Å². The summed E-state index contributed by atoms with van der Waals surface area (Å²) >= 11 is 0. The number of aliphatic carboxylic acids is 1. The fourth-order valence-corrected chi connectivity index (χ4v) is 1.57. The number of oxazole rings is 1. The lowest BCUT2D eigenvalue weighted by molar-refractivity contribution is -0.136. The van der Waals surface area contributed by atoms with Crippen LogP contribution in [0.1, 0.15) is 50.0 Å². The molecule has 0 aliphatic carbocycles. The first-order valence-electron chi connectivity index (χ1n) is 5.26. The molecule has 0 radical (unpaired) electrons. The molecule has 4 heteroatoms. The largest absolute Gasteiger partial charge is 0.481 e. The quantitative estimate of drug-likeness (QED) is 0.812. The second kappa shape index (κ2) is 4.96. The second-order valence-electron chi connectivity index (χ2n) is 3.64. The van der Waals surface area contributed by atoms with Crippen LogP contribution < -0.4 is 0 Å². The van der Waals surface area contributed by atoms with Crippen molar-refractivity contribution in [1.82, 2.24) is 4.98 Å². The summed E-state index contributed by atoms with van der Waals surface area (Å²) in [6.45, 7) is 5.91. The maximum atomic E-state index is 10.6. The number of hydrogen-bond acceptors (Lipinski definition) is 3. The highest BCUT2D eigenvalue weighted by atomic mass is 16.4. The molecule has 0 aliphatic heterocycles. The number of nitrogens with zero attached hydrogens (tertiary/aromatic N) is 1. The number of carbonyl (C=O) groups is 1. The molecule has 1 rings (SSSR count). The summed E-state index contributed by atoms with van der Waals surface area (Å²) < 4.78 is 5.48. The lowest BCUT2D eigenvalue weighted by atomic mass is 10.0. The molecule has 1 aromatic heterocycles. The molecule has 0 aliphatic rings. The summed E-state index contributed by atoms with van der Waals surface area (Å²) in [6.07, 6.45) is 1.86. The van der Waals surface area contributed by atoms with Crippen LogP contribution >= 0.6 is 0 Å². The van der Waals surface area contributed by atoms with Gasteiger partial charge in [-0.15, -0.1) is 0 Å². The van der Waals surface area contributed by atoms with Crippen molar-refractivity contribution >= 4 is 5.97 Å². The summed E-state index contributed by atoms with van der Waals surface area (Å²) in [5.74, 6) is 0.724. The van der Waals surface area contributed by atoms with Crippen LogP contribution in [0.15, 0.2) is 4.42 Å². The van der Waals surface area contributed by atoms with Crippen molar-refractivity contribution in [3.63, 3.8) is 0 Å². The summed E-state index contributed by atoms with van der Waals surface area (Å²) in [7, 11) is 0. The first kappa shape index (κ1) is 11.8. The van der Waals surface area contributed by atoms with Crippen LogP contribution in [0, 0.1) is 6.92 Å². The molecule has 84 valence electrons. The minimum absolute atomic E-state index is 0.0600. The number of rotatable bonds is 5. The predicted octanol–water partition coefficient (Wildman–Crippen LogP) is 2.51. The van der Waals surface area contributed by atoms with E-state index in [1.165, 1.54) is 0 Å². The topological polar surface area (TPSA) is 63.3 Å². The fourth-order valence-electron chi connectivity index (χ4n) is 1.57. The zero-order valence-corrected chi connectivity index (χ0v) is 9.41. The van der Waals surface area contributed by atoms with Crippen molar-refractivity contribution in [1.29, 1.82) is 0 Å². The minimum Gasteiger partial charge on any atom is -0.481 e. The van der Waals surface area contributed by atoms with E-state index < -0.39 is 5.97 Å². The maximum Gasteiger partial charge on any atom is 0.309 e. The van der Waals surface area contributed by atoms with Crippen molar-refractivity contribution in [2.45, 2.75) is 46.0 Å². The molecular weight excluding hydrogens is 194 g/mol. The summed E-state index contributed by atoms with van der Waals surface area (Å²) in [6, 6.07) is 0. The van der Waals surface area contributed by atoms with Crippen LogP contribution in [0.4, 0.5) is 0 Å². The van der Waals surface area contributed by atoms with Crippen molar-refractivity contribution in [2.75, 3.05) is 0 Å². The summed E-state index contributed by atoms with van der Waals surface area (Å²) in [4.78, 5) is 14.8. The Bertz CT molecular complexity index is 340. The minimum atomic E-state index is -0.873. The molecular formula is C11H17NO3. The Hall–Kier alpha value is -1.32. The van der Waals surface area contributed by atoms with Crippen LogP contribution in [0.5, 0.6) is 0 Å². The predicted molar refractivity (Wildman–Crippen MR) is 55.9 cm³/mol. The Balaban J connectivity index is 2.88. The highest BCUT2D eigenvalue weighted by Gasteiger charge is 2.17. The van der Waals surface area contributed by atoms with Gasteiger partial charge in [0, 0.05) is 5.92 Å². The molecule has 0 aromatic carbocycles. The van der Waals surface area contributed by atoms with Gasteiger partial charge in [-0.3, -0.25) is 4.79 Å². The van der Waals surface area contributed by atoms with E-state index in [2.05, 4.69) is 18.8 Å². The van der Waals surface area contributed by atoms with Gasteiger partial charge >= 0.3 is 5.97 Å². The smallest absolute Gasteiger partial charge is 0.309 e. The first-order chi connectivity index (χ1) is 7.08. The highest BCUT2D eigenvalue weighted by molar-refractivity contribution is 5.69. The standard InChI is InChI=1S/C11H17NO3/c1-4-8(5-2)11-12-9(6-10(13)14)7(3)15-11/h8H,4-6H2,1-3H3,(H,13,14). The van der Waals surface area contributed by atoms with Gasteiger partial charge in [0.1, 0.15) is 5.76 Å². The Labute approximate surface area is 89.3 Å². The zero-order valence-electron chi connectivity index (χ0n) is 9.41. The van der Waals surface area contributed by atoms with Gasteiger partial charge in [0.2, 0.25) is 0 Å². The average Bonchev–Trinajstić information content (AvgIpc) is 2.49. The van der Waals surface area contributed by atoms with Gasteiger partial charge in [-0.2, -0.15) is 0 Å². The van der Waals surface area contributed by atoms with Crippen molar-refractivity contribution < 1.29 is 14.3 Å². The number of hydrogen-bond donors (Lipinski definition) is 1. The molecule has 0 amide bonds. The van der Waals surface area contributed by atoms with Gasteiger partial charge < -0.3 is 9.52 Å². The number of aromatic nitrogens is 1. The van der Waals surface area contributed by atoms with Crippen LogP contribution in [0.25, 0.3) is 0 Å². The van der Waals surface area contributed by atoms with E-state index >= 15 is 0 Å². The third-order valence-electron chi connectivity index (χ3n) is 2.56. The molecule has 0 unspecified atom stereocenters. The summed E-state index contributed by atoms with van der Waals surface area (Å²) in [5.41, 5.74) is 0.546. The van der Waals surface area contributed by atoms with Gasteiger partial charge in [0.15, 0.2) is 5.89 Å². The van der Waals surface area contributed by atoms with Gasteiger partial charge in [0.05, 0.1) is 12.1 Å². The first-order valence-corrected chi connectivity index (χ1v) is 5.26. The van der Waals surface area contributed by atoms with E-state index in [0.717, 1.165) is 12.8 Å². The van der Waals surface area contributed by atoms with Gasteiger partial charge in [0.25, 0.3) is 0 Å². The molecule has 4 nitrogen and oxygen atoms in total. The Kier molecular flexibility index (Phi) is 3.88. The molecule has 0 spiro atoms. The molecule has 0 saturated heterocycles. The van der Waals surface area contributed by atoms with Crippen LogP contribution in [-0.4, -0.2) is 16.1 Å². The molecule has 0 fully saturated rings. The van der Waals surface area contributed by atoms with E-state index in [4.69, 9.17) is 9.52 Å². The number of carboxylic acids is 1. The fraction of sp³-hybridized carbons (Fsp3) is 0.636. The van der Waals surface area contributed by atoms with Crippen molar-refractivity contribution in [3.05, 3.63) is 17.3 Å². The third-order valence-corrected chi connectivity index (χ3v) is 2.56. The van der Waals surface area contributed by atoms with Crippen molar-refractivity contribution in [3.8, 4) is 0 Å². The molecule has 1 heterocycles. The lowest BCUT2D eigenvalue weighted by Gasteiger charge is -2.05. The van der Waals surface area contributed by atoms with Crippen LogP contribution in [-0.2, 0) is 11.2 Å². The van der Waals surface area contributed by atoms with Crippen LogP contribution in [0.2, 0.25) is 0 Å². The third kappa shape index (κ3) is 2.81. The molecule has 1 aromatic rings. The van der Waals surface area contributed by atoms with E-state index in [1.54, 1.807) is 6.92 Å². The normalized spacial score (nSPS) is 10.9. The Morgan fingerprint density at radius 2 is 2.07 bits per heavy atom. The lowest BCUT2D eigenvalue weighted by Crippen LogP contribution is -2.02. The van der Waals surface area contributed by atoms with Gasteiger partial charge in [-0.1, -0.05) is 13.8 Å². The summed E-state index contributed by atoms with van der Waals surface area (Å²) in [5, 5.41) is 8.67. The van der Waals surface area contributed by atoms with Crippen LogP contribution in [0.3, 0.4) is 0 Å². The zero-order chi connectivity index (χ0) is 11.4. The average molecular weight is 211 g/mol. The maximum absolute atomic E-state index is 10.6. The van der Waals surface area contributed by atoms with E-state index in [-0.39, 0.29) is 6.42 Å². The second-order valence-corrected chi connectivity index (χ2v) is 3.64. The molecule has 0 bridgehead atoms. The molecule has 1 N–H and O–H groups in total. The molecule has 15 heavy (non-hydrogen) atoms. The number of carboxylic acid groups (broad SMARTS) is 1. The monoisotopic (exact) mass is 211 g/mol. The number of aryl methyl sites for hydroxylation is 1. The van der Waals surface area contributed by atoms with Gasteiger partial charge in [-0.25, -0.2) is 4.98 Å². The highest BCUT2D eigenvalue weighted by Crippen LogP contribution is 2.24. The van der Waals surface area contributed by atoms with E-state index in [0.29, 0.717) is 23.3 Å². The van der Waals surface area contributed by atoms with Crippen molar-refractivity contribution in [2.24, 2.45) is 0 Å². The Morgan fingerprint density at radius 1 is 1.47 bits per heavy atom. The Morgan fingerprint density at radius 3 is 2.53 bits per heavy atom. The SMILES string of the molecule is CCC(CC)c1nc(CC(=O)O)c(C)o1.